The van der Waals surface area contributed by atoms with Crippen LogP contribution in [0.2, 0.25) is 0 Å². The standard InChI is InChI=1S/C29H42N2O10S2/c1-27(2,3)41-25(34)18-42(36,37)17-22(26(35)31(6)15-24(33)40-16-20-10-8-7-9-11-20)30-43(38,39)19-29-13-12-21(14-23(29)32)28(29,4)5/h7-11,21-22,30H,12-19H2,1-6H3. The average Bonchev–Trinajstić information content (AvgIpc) is 3.19. The fraction of sp³-hybridized carbons (Fsp3) is 0.655. The molecule has 3 atom stereocenters. The molecule has 1 aromatic rings. The van der Waals surface area contributed by atoms with Gasteiger partial charge in [-0.2, -0.15) is 0 Å². The molecule has 0 spiro atoms. The van der Waals surface area contributed by atoms with Gasteiger partial charge < -0.3 is 14.4 Å². The smallest absolute Gasteiger partial charge is 0.325 e. The summed E-state index contributed by atoms with van der Waals surface area (Å²) < 4.78 is 65.5. The lowest BCUT2D eigenvalue weighted by atomic mass is 9.70. The van der Waals surface area contributed by atoms with Gasteiger partial charge in [-0.25, -0.2) is 21.6 Å². The zero-order chi connectivity index (χ0) is 32.4. The lowest BCUT2D eigenvalue weighted by Crippen LogP contribution is -2.54. The van der Waals surface area contributed by atoms with E-state index in [1.807, 2.05) is 13.8 Å². The molecule has 0 radical (unpaired) electrons. The molecule has 1 amide bonds. The summed E-state index contributed by atoms with van der Waals surface area (Å²) in [4.78, 5) is 52.0. The second kappa shape index (κ2) is 12.6. The minimum absolute atomic E-state index is 0.0369. The normalized spacial score (nSPS) is 22.2. The van der Waals surface area contributed by atoms with Gasteiger partial charge in [0.1, 0.15) is 36.3 Å². The molecule has 3 unspecified atom stereocenters. The minimum atomic E-state index is -4.41. The highest BCUT2D eigenvalue weighted by Gasteiger charge is 2.65. The van der Waals surface area contributed by atoms with Gasteiger partial charge in [-0.1, -0.05) is 44.2 Å². The first-order chi connectivity index (χ1) is 19.7. The molecule has 12 nitrogen and oxygen atoms in total. The fourth-order valence-electron chi connectivity index (χ4n) is 6.03. The number of hydrogen-bond acceptors (Lipinski definition) is 10. The molecule has 2 fully saturated rings. The van der Waals surface area contributed by atoms with Gasteiger partial charge in [0.15, 0.2) is 9.84 Å². The molecule has 43 heavy (non-hydrogen) atoms. The summed E-state index contributed by atoms with van der Waals surface area (Å²) in [5.74, 6) is -5.78. The number of sulfonamides is 1. The minimum Gasteiger partial charge on any atom is -0.459 e. The maximum Gasteiger partial charge on any atom is 0.325 e. The number of hydrogen-bond donors (Lipinski definition) is 1. The molecule has 0 aliphatic heterocycles. The molecular formula is C29H42N2O10S2. The molecule has 1 aromatic carbocycles. The average molecular weight is 643 g/mol. The second-order valence-corrected chi connectivity index (χ2v) is 16.9. The Morgan fingerprint density at radius 2 is 1.70 bits per heavy atom. The van der Waals surface area contributed by atoms with Gasteiger partial charge in [0.25, 0.3) is 0 Å². The van der Waals surface area contributed by atoms with E-state index in [2.05, 4.69) is 4.72 Å². The topological polar surface area (TPSA) is 170 Å². The first-order valence-electron chi connectivity index (χ1n) is 14.1. The predicted molar refractivity (Wildman–Crippen MR) is 158 cm³/mol. The Bertz CT molecular complexity index is 1450. The van der Waals surface area contributed by atoms with Crippen molar-refractivity contribution in [3.8, 4) is 0 Å². The highest BCUT2D eigenvalue weighted by molar-refractivity contribution is 7.92. The first-order valence-corrected chi connectivity index (χ1v) is 17.5. The maximum absolute atomic E-state index is 13.5. The van der Waals surface area contributed by atoms with Crippen molar-refractivity contribution in [3.05, 3.63) is 35.9 Å². The van der Waals surface area contributed by atoms with Crippen LogP contribution >= 0.6 is 0 Å². The Balaban J connectivity index is 1.79. The Kier molecular flexibility index (Phi) is 10.2. The SMILES string of the molecule is CN(CC(=O)OCc1ccccc1)C(=O)C(CS(=O)(=O)CC(=O)OC(C)(C)C)NS(=O)(=O)CC12CCC(CC1=O)C2(C)C. The molecule has 2 saturated carbocycles. The Hall–Kier alpha value is -2.84. The number of esters is 2. The van der Waals surface area contributed by atoms with Crippen molar-refractivity contribution in [2.24, 2.45) is 16.7 Å². The van der Waals surface area contributed by atoms with E-state index in [9.17, 15) is 36.0 Å². The summed E-state index contributed by atoms with van der Waals surface area (Å²) in [6.45, 7) is 7.73. The maximum atomic E-state index is 13.5. The van der Waals surface area contributed by atoms with Crippen molar-refractivity contribution in [1.82, 2.24) is 9.62 Å². The molecule has 3 rings (SSSR count). The number of amides is 1. The number of ether oxygens (including phenoxy) is 2. The lowest BCUT2D eigenvalue weighted by molar-refractivity contribution is -0.151. The molecule has 240 valence electrons. The van der Waals surface area contributed by atoms with Crippen LogP contribution in [0.4, 0.5) is 0 Å². The van der Waals surface area contributed by atoms with Crippen LogP contribution in [0, 0.1) is 16.7 Å². The van der Waals surface area contributed by atoms with Crippen molar-refractivity contribution < 1.29 is 45.5 Å². The Labute approximate surface area is 253 Å². The molecule has 0 aromatic heterocycles. The van der Waals surface area contributed by atoms with Crippen LogP contribution in [0.15, 0.2) is 30.3 Å². The fourth-order valence-corrected chi connectivity index (χ4v) is 9.43. The van der Waals surface area contributed by atoms with E-state index in [1.165, 1.54) is 7.05 Å². The molecule has 2 aliphatic carbocycles. The zero-order valence-corrected chi connectivity index (χ0v) is 27.2. The van der Waals surface area contributed by atoms with Gasteiger partial charge in [0, 0.05) is 18.9 Å². The van der Waals surface area contributed by atoms with Crippen molar-refractivity contribution >= 4 is 43.5 Å². The van der Waals surface area contributed by atoms with Crippen molar-refractivity contribution in [2.75, 3.05) is 30.9 Å². The number of Topliss-reactive ketones (excluding diaryl/α,β-unsaturated/α-hetero) is 1. The number of fused-ring (bicyclic) bond motifs is 2. The van der Waals surface area contributed by atoms with E-state index in [0.717, 1.165) is 4.90 Å². The lowest BCUT2D eigenvalue weighted by Gasteiger charge is -2.36. The summed E-state index contributed by atoms with van der Waals surface area (Å²) in [5.41, 5.74) is -2.02. The molecule has 0 heterocycles. The number of rotatable bonds is 13. The van der Waals surface area contributed by atoms with Crippen molar-refractivity contribution in [2.45, 2.75) is 72.1 Å². The summed E-state index contributed by atoms with van der Waals surface area (Å²) in [7, 11) is -7.59. The zero-order valence-electron chi connectivity index (χ0n) is 25.5. The van der Waals surface area contributed by atoms with Gasteiger partial charge in [-0.05, 0) is 50.5 Å². The van der Waals surface area contributed by atoms with E-state index in [-0.39, 0.29) is 24.7 Å². The van der Waals surface area contributed by atoms with Gasteiger partial charge in [0.2, 0.25) is 15.9 Å². The van der Waals surface area contributed by atoms with Crippen LogP contribution < -0.4 is 4.72 Å². The summed E-state index contributed by atoms with van der Waals surface area (Å²) in [6.07, 6.45) is 1.32. The van der Waals surface area contributed by atoms with Crippen LogP contribution in [0.1, 0.15) is 59.4 Å². The Morgan fingerprint density at radius 3 is 2.23 bits per heavy atom. The Morgan fingerprint density at radius 1 is 1.07 bits per heavy atom. The predicted octanol–water partition coefficient (Wildman–Crippen LogP) is 1.63. The van der Waals surface area contributed by atoms with Crippen LogP contribution in [-0.4, -0.2) is 87.9 Å². The third-order valence-electron chi connectivity index (χ3n) is 8.36. The molecular weight excluding hydrogens is 600 g/mol. The second-order valence-electron chi connectivity index (χ2n) is 13.1. The highest BCUT2D eigenvalue weighted by atomic mass is 32.2. The molecule has 2 bridgehead atoms. The van der Waals surface area contributed by atoms with Crippen LogP contribution in [-0.2, 0) is 55.1 Å². The van der Waals surface area contributed by atoms with Crippen LogP contribution in [0.5, 0.6) is 0 Å². The van der Waals surface area contributed by atoms with Gasteiger partial charge >= 0.3 is 11.9 Å². The number of nitrogens with one attached hydrogen (secondary N) is 1. The number of carbonyl (C=O) groups excluding carboxylic acids is 4. The summed E-state index contributed by atoms with van der Waals surface area (Å²) >= 11 is 0. The van der Waals surface area contributed by atoms with E-state index in [4.69, 9.17) is 9.47 Å². The molecule has 1 N–H and O–H groups in total. The van der Waals surface area contributed by atoms with Gasteiger partial charge in [-0.15, -0.1) is 0 Å². The number of benzene rings is 1. The van der Waals surface area contributed by atoms with Gasteiger partial charge in [0.05, 0.1) is 11.5 Å². The van der Waals surface area contributed by atoms with Crippen LogP contribution in [0.25, 0.3) is 0 Å². The number of sulfone groups is 1. The van der Waals surface area contributed by atoms with E-state index < -0.39 is 84.0 Å². The van der Waals surface area contributed by atoms with Gasteiger partial charge in [-0.3, -0.25) is 19.2 Å². The van der Waals surface area contributed by atoms with E-state index in [0.29, 0.717) is 18.4 Å². The molecule has 2 aliphatic rings. The third-order valence-corrected chi connectivity index (χ3v) is 11.4. The van der Waals surface area contributed by atoms with E-state index >= 15 is 0 Å². The van der Waals surface area contributed by atoms with Crippen LogP contribution in [0.3, 0.4) is 0 Å². The number of likely N-dealkylation sites (N-methyl/N-ethyl adjacent to an activating group) is 1. The third kappa shape index (κ3) is 8.63. The molecule has 0 saturated heterocycles. The largest absolute Gasteiger partial charge is 0.459 e. The monoisotopic (exact) mass is 642 g/mol. The summed E-state index contributed by atoms with van der Waals surface area (Å²) in [6, 6.07) is 6.93. The number of ketones is 1. The quantitative estimate of drug-likeness (QED) is 0.312. The van der Waals surface area contributed by atoms with Crippen molar-refractivity contribution in [1.29, 1.82) is 0 Å². The summed E-state index contributed by atoms with van der Waals surface area (Å²) in [5, 5.41) is 0. The first kappa shape index (κ1) is 34.6. The number of nitrogens with zero attached hydrogens (tertiary/aromatic N) is 1. The van der Waals surface area contributed by atoms with Crippen molar-refractivity contribution in [3.63, 3.8) is 0 Å². The number of carbonyl (C=O) groups is 4. The van der Waals surface area contributed by atoms with E-state index in [1.54, 1.807) is 51.1 Å². The highest BCUT2D eigenvalue weighted by Crippen LogP contribution is 2.64. The molecule has 14 heteroatoms.